The molecule has 4 nitrogen and oxygen atoms in total. The Labute approximate surface area is 140 Å². The second-order valence-electron chi connectivity index (χ2n) is 4.99. The van der Waals surface area contributed by atoms with Crippen LogP contribution in [0.5, 0.6) is 0 Å². The summed E-state index contributed by atoms with van der Waals surface area (Å²) in [6.45, 7) is 1.95. The Kier molecular flexibility index (Phi) is 6.18. The molecule has 0 radical (unpaired) electrons. The predicted octanol–water partition coefficient (Wildman–Crippen LogP) is 3.70. The van der Waals surface area contributed by atoms with E-state index in [2.05, 4.69) is 5.32 Å². The first kappa shape index (κ1) is 17.0. The fourth-order valence-electron chi connectivity index (χ4n) is 2.14. The van der Waals surface area contributed by atoms with E-state index in [1.807, 2.05) is 30.3 Å². The molecule has 0 unspecified atom stereocenters. The van der Waals surface area contributed by atoms with Gasteiger partial charge in [-0.2, -0.15) is 0 Å². The number of halogens is 1. The highest BCUT2D eigenvalue weighted by Gasteiger charge is 2.28. The van der Waals surface area contributed by atoms with E-state index in [0.717, 1.165) is 5.56 Å². The Morgan fingerprint density at radius 3 is 2.35 bits per heavy atom. The maximum Gasteiger partial charge on any atom is 0.318 e. The zero-order valence-corrected chi connectivity index (χ0v) is 13.5. The smallest absolute Gasteiger partial charge is 0.318 e. The van der Waals surface area contributed by atoms with E-state index in [0.29, 0.717) is 17.1 Å². The first-order valence-electron chi connectivity index (χ1n) is 7.37. The van der Waals surface area contributed by atoms with E-state index in [9.17, 15) is 9.59 Å². The van der Waals surface area contributed by atoms with Crippen molar-refractivity contribution in [3.05, 3.63) is 65.2 Å². The van der Waals surface area contributed by atoms with Crippen LogP contribution >= 0.6 is 11.6 Å². The van der Waals surface area contributed by atoms with Gasteiger partial charge in [-0.05, 0) is 43.2 Å². The molecule has 23 heavy (non-hydrogen) atoms. The van der Waals surface area contributed by atoms with Crippen molar-refractivity contribution in [3.63, 3.8) is 0 Å². The second kappa shape index (κ2) is 8.34. The van der Waals surface area contributed by atoms with Crippen molar-refractivity contribution >= 4 is 29.2 Å². The van der Waals surface area contributed by atoms with Crippen molar-refractivity contribution in [3.8, 4) is 0 Å². The van der Waals surface area contributed by atoms with Crippen molar-refractivity contribution in [2.75, 3.05) is 11.9 Å². The number of ether oxygens (including phenoxy) is 1. The molecule has 0 spiro atoms. The molecule has 5 heteroatoms. The van der Waals surface area contributed by atoms with Crippen molar-refractivity contribution in [2.24, 2.45) is 5.92 Å². The standard InChI is InChI=1S/C18H18ClNO3/c1-2-23-18(22)16(12-13-6-4-3-5-7-13)17(21)20-15-10-8-14(19)9-11-15/h3-11,16H,2,12H2,1H3,(H,20,21)/t16-/m0/s1. The summed E-state index contributed by atoms with van der Waals surface area (Å²) in [5.74, 6) is -1.81. The number of hydrogen-bond acceptors (Lipinski definition) is 3. The summed E-state index contributed by atoms with van der Waals surface area (Å²) >= 11 is 5.82. The van der Waals surface area contributed by atoms with Crippen LogP contribution in [0.2, 0.25) is 5.02 Å². The third kappa shape index (κ3) is 5.11. The summed E-state index contributed by atoms with van der Waals surface area (Å²) in [6, 6.07) is 16.1. The van der Waals surface area contributed by atoms with Gasteiger partial charge in [0.05, 0.1) is 6.61 Å². The molecule has 120 valence electrons. The molecule has 0 fully saturated rings. The van der Waals surface area contributed by atoms with Crippen LogP contribution in [0.3, 0.4) is 0 Å². The summed E-state index contributed by atoms with van der Waals surface area (Å²) in [5.41, 5.74) is 1.48. The monoisotopic (exact) mass is 331 g/mol. The van der Waals surface area contributed by atoms with Crippen LogP contribution in [0, 0.1) is 5.92 Å². The number of carbonyl (C=O) groups excluding carboxylic acids is 2. The van der Waals surface area contributed by atoms with Crippen LogP contribution in [0.1, 0.15) is 12.5 Å². The van der Waals surface area contributed by atoms with Gasteiger partial charge in [0.15, 0.2) is 0 Å². The summed E-state index contributed by atoms with van der Waals surface area (Å²) in [4.78, 5) is 24.6. The fourth-order valence-corrected chi connectivity index (χ4v) is 2.26. The van der Waals surface area contributed by atoms with Crippen molar-refractivity contribution in [1.82, 2.24) is 0 Å². The van der Waals surface area contributed by atoms with Gasteiger partial charge < -0.3 is 10.1 Å². The van der Waals surface area contributed by atoms with E-state index < -0.39 is 17.8 Å². The molecular formula is C18H18ClNO3. The quantitative estimate of drug-likeness (QED) is 0.648. The number of nitrogens with one attached hydrogen (secondary N) is 1. The van der Waals surface area contributed by atoms with Crippen LogP contribution in [0.4, 0.5) is 5.69 Å². The number of benzene rings is 2. The highest BCUT2D eigenvalue weighted by atomic mass is 35.5. The third-order valence-corrected chi connectivity index (χ3v) is 3.53. The van der Waals surface area contributed by atoms with Gasteiger partial charge in [-0.1, -0.05) is 41.9 Å². The molecule has 2 rings (SSSR count). The molecule has 1 atom stereocenters. The van der Waals surface area contributed by atoms with Crippen LogP contribution in [-0.2, 0) is 20.7 Å². The van der Waals surface area contributed by atoms with Gasteiger partial charge in [0.25, 0.3) is 0 Å². The molecule has 1 amide bonds. The van der Waals surface area contributed by atoms with Gasteiger partial charge in [0.2, 0.25) is 5.91 Å². The number of hydrogen-bond donors (Lipinski definition) is 1. The number of esters is 1. The lowest BCUT2D eigenvalue weighted by atomic mass is 9.98. The first-order chi connectivity index (χ1) is 11.1. The van der Waals surface area contributed by atoms with E-state index in [-0.39, 0.29) is 6.61 Å². The molecule has 0 aromatic heterocycles. The van der Waals surface area contributed by atoms with Crippen LogP contribution < -0.4 is 5.32 Å². The van der Waals surface area contributed by atoms with Gasteiger partial charge in [0.1, 0.15) is 5.92 Å². The van der Waals surface area contributed by atoms with Crippen LogP contribution in [-0.4, -0.2) is 18.5 Å². The third-order valence-electron chi connectivity index (χ3n) is 3.28. The molecule has 0 saturated carbocycles. The van der Waals surface area contributed by atoms with Crippen molar-refractivity contribution < 1.29 is 14.3 Å². The minimum absolute atomic E-state index is 0.234. The largest absolute Gasteiger partial charge is 0.465 e. The minimum Gasteiger partial charge on any atom is -0.465 e. The first-order valence-corrected chi connectivity index (χ1v) is 7.75. The lowest BCUT2D eigenvalue weighted by Gasteiger charge is -2.16. The molecule has 0 saturated heterocycles. The summed E-state index contributed by atoms with van der Waals surface area (Å²) < 4.78 is 5.03. The number of anilines is 1. The normalized spacial score (nSPS) is 11.6. The maximum absolute atomic E-state index is 12.5. The number of rotatable bonds is 6. The number of carbonyl (C=O) groups is 2. The molecule has 0 heterocycles. The Morgan fingerprint density at radius 2 is 1.74 bits per heavy atom. The van der Waals surface area contributed by atoms with Crippen LogP contribution in [0.15, 0.2) is 54.6 Å². The Morgan fingerprint density at radius 1 is 1.09 bits per heavy atom. The van der Waals surface area contributed by atoms with Gasteiger partial charge in [-0.15, -0.1) is 0 Å². The van der Waals surface area contributed by atoms with E-state index in [1.165, 1.54) is 0 Å². The van der Waals surface area contributed by atoms with Gasteiger partial charge in [-0.3, -0.25) is 9.59 Å². The predicted molar refractivity (Wildman–Crippen MR) is 90.4 cm³/mol. The van der Waals surface area contributed by atoms with E-state index in [4.69, 9.17) is 16.3 Å². The van der Waals surface area contributed by atoms with E-state index >= 15 is 0 Å². The Balaban J connectivity index is 2.13. The van der Waals surface area contributed by atoms with Gasteiger partial charge in [0, 0.05) is 10.7 Å². The molecule has 0 aliphatic heterocycles. The average molecular weight is 332 g/mol. The average Bonchev–Trinajstić information content (AvgIpc) is 2.56. The lowest BCUT2D eigenvalue weighted by molar-refractivity contribution is -0.150. The molecule has 0 aliphatic rings. The summed E-state index contributed by atoms with van der Waals surface area (Å²) in [7, 11) is 0. The minimum atomic E-state index is -0.895. The molecule has 0 bridgehead atoms. The summed E-state index contributed by atoms with van der Waals surface area (Å²) in [6.07, 6.45) is 0.291. The highest BCUT2D eigenvalue weighted by molar-refractivity contribution is 6.30. The van der Waals surface area contributed by atoms with Crippen molar-refractivity contribution in [2.45, 2.75) is 13.3 Å². The molecular weight excluding hydrogens is 314 g/mol. The zero-order chi connectivity index (χ0) is 16.7. The maximum atomic E-state index is 12.5. The van der Waals surface area contributed by atoms with E-state index in [1.54, 1.807) is 31.2 Å². The van der Waals surface area contributed by atoms with Crippen molar-refractivity contribution in [1.29, 1.82) is 0 Å². The fraction of sp³-hybridized carbons (Fsp3) is 0.222. The van der Waals surface area contributed by atoms with Gasteiger partial charge in [-0.25, -0.2) is 0 Å². The SMILES string of the molecule is CCOC(=O)[C@@H](Cc1ccccc1)C(=O)Nc1ccc(Cl)cc1. The molecule has 2 aromatic rings. The lowest BCUT2D eigenvalue weighted by Crippen LogP contribution is -2.33. The topological polar surface area (TPSA) is 55.4 Å². The second-order valence-corrected chi connectivity index (χ2v) is 5.43. The summed E-state index contributed by atoms with van der Waals surface area (Å²) in [5, 5.41) is 3.31. The Bertz CT molecular complexity index is 656. The molecule has 0 aliphatic carbocycles. The zero-order valence-electron chi connectivity index (χ0n) is 12.8. The van der Waals surface area contributed by atoms with Gasteiger partial charge >= 0.3 is 5.97 Å². The molecule has 1 N–H and O–H groups in total. The number of amides is 1. The van der Waals surface area contributed by atoms with Crippen LogP contribution in [0.25, 0.3) is 0 Å². The Hall–Kier alpha value is -2.33. The molecule has 2 aromatic carbocycles. The highest BCUT2D eigenvalue weighted by Crippen LogP contribution is 2.17.